The van der Waals surface area contributed by atoms with Crippen LogP contribution in [0, 0.1) is 11.9 Å². The molecular weight excluding hydrogens is 292 g/mol. The normalized spacial score (nSPS) is 22.5. The van der Waals surface area contributed by atoms with Gasteiger partial charge in [-0.1, -0.05) is 6.92 Å². The van der Waals surface area contributed by atoms with E-state index < -0.39 is 12.4 Å². The summed E-state index contributed by atoms with van der Waals surface area (Å²) in [6.07, 6.45) is -1.21. The standard InChI is InChI=1S/C13H12F4N2S/c1-6-2-7(3-6)19-11-9(12(14)15)4-8(20-17)5-10(11)13(16)18-19/h4-7,12H,2-3H2,1H3. The largest absolute Gasteiger partial charge is 0.265 e. The van der Waals surface area contributed by atoms with E-state index in [0.29, 0.717) is 5.92 Å². The van der Waals surface area contributed by atoms with E-state index in [2.05, 4.69) is 5.10 Å². The maximum Gasteiger partial charge on any atom is 0.265 e. The van der Waals surface area contributed by atoms with Gasteiger partial charge < -0.3 is 0 Å². The van der Waals surface area contributed by atoms with Crippen molar-refractivity contribution in [3.05, 3.63) is 23.6 Å². The minimum absolute atomic E-state index is 0.0340. The molecule has 2 nitrogen and oxygen atoms in total. The number of alkyl halides is 2. The minimum atomic E-state index is -2.79. The molecular formula is C13H12F4N2S. The Morgan fingerprint density at radius 3 is 2.60 bits per heavy atom. The van der Waals surface area contributed by atoms with Gasteiger partial charge >= 0.3 is 0 Å². The van der Waals surface area contributed by atoms with Gasteiger partial charge in [-0.15, -0.1) is 5.10 Å². The molecule has 3 rings (SSSR count). The highest BCUT2D eigenvalue weighted by Crippen LogP contribution is 2.42. The lowest BCUT2D eigenvalue weighted by Crippen LogP contribution is -2.25. The van der Waals surface area contributed by atoms with Crippen LogP contribution in [0.1, 0.15) is 37.8 Å². The van der Waals surface area contributed by atoms with Gasteiger partial charge in [0, 0.05) is 10.5 Å². The van der Waals surface area contributed by atoms with Crippen LogP contribution in [0.3, 0.4) is 0 Å². The van der Waals surface area contributed by atoms with E-state index >= 15 is 0 Å². The molecule has 108 valence electrons. The molecule has 1 saturated carbocycles. The Bertz CT molecular complexity index is 649. The zero-order valence-electron chi connectivity index (χ0n) is 10.6. The summed E-state index contributed by atoms with van der Waals surface area (Å²) in [6.45, 7) is 2.05. The quantitative estimate of drug-likeness (QED) is 0.738. The van der Waals surface area contributed by atoms with Crippen molar-refractivity contribution in [3.8, 4) is 0 Å². The molecule has 7 heteroatoms. The lowest BCUT2D eigenvalue weighted by molar-refractivity contribution is 0.151. The number of hydrogen-bond acceptors (Lipinski definition) is 2. The van der Waals surface area contributed by atoms with Crippen LogP contribution in [-0.2, 0) is 0 Å². The van der Waals surface area contributed by atoms with Crippen LogP contribution in [-0.4, -0.2) is 9.78 Å². The predicted molar refractivity (Wildman–Crippen MR) is 69.0 cm³/mol. The number of hydrogen-bond donors (Lipinski definition) is 0. The lowest BCUT2D eigenvalue weighted by atomic mass is 9.82. The van der Waals surface area contributed by atoms with E-state index in [1.807, 2.05) is 6.92 Å². The minimum Gasteiger partial charge on any atom is -0.258 e. The summed E-state index contributed by atoms with van der Waals surface area (Å²) < 4.78 is 54.2. The van der Waals surface area contributed by atoms with E-state index in [9.17, 15) is 17.1 Å². The topological polar surface area (TPSA) is 17.8 Å². The molecule has 1 aromatic heterocycles. The first-order valence-corrected chi connectivity index (χ1v) is 7.01. The fraction of sp³-hybridized carbons (Fsp3) is 0.462. The summed E-state index contributed by atoms with van der Waals surface area (Å²) in [7, 11) is 0. The van der Waals surface area contributed by atoms with Crippen molar-refractivity contribution in [1.29, 1.82) is 0 Å². The van der Waals surface area contributed by atoms with Crippen molar-refractivity contribution < 1.29 is 17.1 Å². The van der Waals surface area contributed by atoms with Crippen LogP contribution >= 0.6 is 12.1 Å². The van der Waals surface area contributed by atoms with Crippen LogP contribution in [0.15, 0.2) is 17.0 Å². The summed E-state index contributed by atoms with van der Waals surface area (Å²) in [5, 5.41) is 3.71. The first-order valence-electron chi connectivity index (χ1n) is 6.29. The molecule has 0 saturated heterocycles. The Morgan fingerprint density at radius 1 is 1.35 bits per heavy atom. The number of fused-ring (bicyclic) bond motifs is 1. The summed E-state index contributed by atoms with van der Waals surface area (Å²) in [4.78, 5) is -0.0340. The van der Waals surface area contributed by atoms with Gasteiger partial charge in [-0.2, -0.15) is 8.28 Å². The molecule has 1 aliphatic carbocycles. The van der Waals surface area contributed by atoms with Gasteiger partial charge in [-0.05, 0) is 30.9 Å². The number of nitrogens with zero attached hydrogens (tertiary/aromatic N) is 2. The van der Waals surface area contributed by atoms with Crippen LogP contribution in [0.4, 0.5) is 17.1 Å². The van der Waals surface area contributed by atoms with Crippen molar-refractivity contribution in [1.82, 2.24) is 9.78 Å². The van der Waals surface area contributed by atoms with Gasteiger partial charge in [0.2, 0.25) is 5.95 Å². The first-order chi connectivity index (χ1) is 9.51. The molecule has 20 heavy (non-hydrogen) atoms. The first kappa shape index (κ1) is 13.7. The van der Waals surface area contributed by atoms with Crippen LogP contribution in [0.25, 0.3) is 10.9 Å². The molecule has 2 aromatic rings. The second-order valence-electron chi connectivity index (χ2n) is 5.25. The summed E-state index contributed by atoms with van der Waals surface area (Å²) >= 11 is -0.175. The molecule has 0 unspecified atom stereocenters. The smallest absolute Gasteiger partial charge is 0.258 e. The second kappa shape index (κ2) is 4.95. The summed E-state index contributed by atoms with van der Waals surface area (Å²) in [5.74, 6) is -0.338. The van der Waals surface area contributed by atoms with E-state index in [0.717, 1.165) is 18.9 Å². The number of benzene rings is 1. The van der Waals surface area contributed by atoms with E-state index in [1.54, 1.807) is 0 Å². The van der Waals surface area contributed by atoms with Crippen molar-refractivity contribution in [3.63, 3.8) is 0 Å². The monoisotopic (exact) mass is 304 g/mol. The Balaban J connectivity index is 2.22. The fourth-order valence-electron chi connectivity index (χ4n) is 2.78. The molecule has 1 fully saturated rings. The lowest BCUT2D eigenvalue weighted by Gasteiger charge is -2.33. The van der Waals surface area contributed by atoms with Crippen molar-refractivity contribution in [2.75, 3.05) is 0 Å². The molecule has 1 aromatic carbocycles. The molecule has 0 radical (unpaired) electrons. The van der Waals surface area contributed by atoms with Crippen molar-refractivity contribution >= 4 is 23.1 Å². The highest BCUT2D eigenvalue weighted by molar-refractivity contribution is 7.94. The summed E-state index contributed by atoms with van der Waals surface area (Å²) in [6, 6.07) is 2.24. The number of aromatic nitrogens is 2. The van der Waals surface area contributed by atoms with Gasteiger partial charge in [0.25, 0.3) is 6.43 Å². The molecule has 0 atom stereocenters. The van der Waals surface area contributed by atoms with Crippen LogP contribution in [0.5, 0.6) is 0 Å². The van der Waals surface area contributed by atoms with Crippen LogP contribution < -0.4 is 0 Å². The number of rotatable bonds is 3. The highest BCUT2D eigenvalue weighted by atomic mass is 32.2. The van der Waals surface area contributed by atoms with Gasteiger partial charge in [0.1, 0.15) is 0 Å². The van der Waals surface area contributed by atoms with Crippen LogP contribution in [0.2, 0.25) is 0 Å². The van der Waals surface area contributed by atoms with Gasteiger partial charge in [-0.3, -0.25) is 4.68 Å². The fourth-order valence-corrected chi connectivity index (χ4v) is 3.11. The van der Waals surface area contributed by atoms with Gasteiger partial charge in [0.15, 0.2) is 0 Å². The van der Waals surface area contributed by atoms with Gasteiger partial charge in [-0.25, -0.2) is 8.78 Å². The van der Waals surface area contributed by atoms with E-state index in [-0.39, 0.29) is 39.6 Å². The predicted octanol–water partition coefficient (Wildman–Crippen LogP) is 5.06. The zero-order chi connectivity index (χ0) is 14.4. The second-order valence-corrected chi connectivity index (χ2v) is 5.88. The molecule has 0 amide bonds. The summed E-state index contributed by atoms with van der Waals surface area (Å²) in [5.41, 5.74) is -0.272. The average Bonchev–Trinajstić information content (AvgIpc) is 2.71. The van der Waals surface area contributed by atoms with Crippen molar-refractivity contribution in [2.24, 2.45) is 5.92 Å². The number of halogens is 4. The Hall–Kier alpha value is -1.24. The third-order valence-corrected chi connectivity index (χ3v) is 4.19. The molecule has 0 bridgehead atoms. The van der Waals surface area contributed by atoms with E-state index in [1.165, 1.54) is 10.7 Å². The molecule has 0 spiro atoms. The molecule has 0 aliphatic heterocycles. The average molecular weight is 304 g/mol. The third kappa shape index (κ3) is 2.08. The zero-order valence-corrected chi connectivity index (χ0v) is 11.4. The highest BCUT2D eigenvalue weighted by Gasteiger charge is 2.31. The maximum atomic E-state index is 13.9. The molecule has 1 heterocycles. The van der Waals surface area contributed by atoms with Gasteiger partial charge in [0.05, 0.1) is 29.1 Å². The Labute approximate surface area is 117 Å². The Morgan fingerprint density at radius 2 is 2.05 bits per heavy atom. The molecule has 0 N–H and O–H groups in total. The SMILES string of the molecule is CC1CC(n2nc(F)c3cc(SF)cc(C(F)F)c32)C1. The maximum absolute atomic E-state index is 13.9. The third-order valence-electron chi connectivity index (χ3n) is 3.78. The Kier molecular flexibility index (Phi) is 3.40. The molecule has 1 aliphatic rings. The van der Waals surface area contributed by atoms with Crippen molar-refractivity contribution in [2.45, 2.75) is 37.1 Å². The van der Waals surface area contributed by atoms with E-state index in [4.69, 9.17) is 0 Å².